The smallest absolute Gasteiger partial charge is 0.268 e. The van der Waals surface area contributed by atoms with Crippen LogP contribution in [0.1, 0.15) is 21.9 Å². The second-order valence-corrected chi connectivity index (χ2v) is 3.55. The molecule has 0 aliphatic heterocycles. The number of rotatable bonds is 3. The van der Waals surface area contributed by atoms with Gasteiger partial charge in [-0.05, 0) is 13.0 Å². The van der Waals surface area contributed by atoms with Crippen LogP contribution in [0.3, 0.4) is 0 Å². The molecule has 0 atom stereocenters. The summed E-state index contributed by atoms with van der Waals surface area (Å²) in [5.74, 6) is 0.200. The van der Waals surface area contributed by atoms with Gasteiger partial charge in [0.25, 0.3) is 5.91 Å². The van der Waals surface area contributed by atoms with Crippen molar-refractivity contribution < 1.29 is 9.32 Å². The Hall–Kier alpha value is -2.37. The van der Waals surface area contributed by atoms with Crippen molar-refractivity contribution >= 4 is 5.91 Å². The van der Waals surface area contributed by atoms with Crippen molar-refractivity contribution in [2.45, 2.75) is 13.5 Å². The highest BCUT2D eigenvalue weighted by Crippen LogP contribution is 2.01. The maximum Gasteiger partial charge on any atom is 0.268 e. The van der Waals surface area contributed by atoms with Gasteiger partial charge in [0.1, 0.15) is 5.69 Å². The van der Waals surface area contributed by atoms with E-state index < -0.39 is 0 Å². The summed E-state index contributed by atoms with van der Waals surface area (Å²) in [7, 11) is 0. The number of aromatic nitrogens is 2. The van der Waals surface area contributed by atoms with Gasteiger partial charge >= 0.3 is 0 Å². The topological polar surface area (TPSA) is 88.0 Å². The fourth-order valence-corrected chi connectivity index (χ4v) is 1.34. The first kappa shape index (κ1) is 11.1. The fourth-order valence-electron chi connectivity index (χ4n) is 1.34. The lowest BCUT2D eigenvalue weighted by molar-refractivity contribution is 0.0942. The van der Waals surface area contributed by atoms with Crippen molar-refractivity contribution in [3.63, 3.8) is 0 Å². The molecule has 2 rings (SSSR count). The molecule has 0 radical (unpaired) electrons. The Labute approximate surface area is 96.6 Å². The summed E-state index contributed by atoms with van der Waals surface area (Å²) in [6.45, 7) is 2.03. The van der Waals surface area contributed by atoms with E-state index in [9.17, 15) is 9.59 Å². The first-order valence-electron chi connectivity index (χ1n) is 5.05. The molecule has 2 heterocycles. The van der Waals surface area contributed by atoms with Crippen LogP contribution in [-0.4, -0.2) is 16.0 Å². The first-order chi connectivity index (χ1) is 8.15. The Kier molecular flexibility index (Phi) is 3.04. The van der Waals surface area contributed by atoms with Gasteiger partial charge in [0.05, 0.1) is 12.2 Å². The summed E-state index contributed by atoms with van der Waals surface area (Å²) in [6.07, 6.45) is 0. The number of carbonyl (C=O) groups excluding carboxylic acids is 1. The molecule has 88 valence electrons. The average molecular weight is 233 g/mol. The van der Waals surface area contributed by atoms with E-state index in [0.717, 1.165) is 5.69 Å². The zero-order valence-corrected chi connectivity index (χ0v) is 9.19. The van der Waals surface area contributed by atoms with Crippen molar-refractivity contribution in [3.8, 4) is 0 Å². The second-order valence-electron chi connectivity index (χ2n) is 3.55. The fraction of sp³-hybridized carbons (Fsp3) is 0.182. The predicted molar refractivity (Wildman–Crippen MR) is 59.5 cm³/mol. The first-order valence-corrected chi connectivity index (χ1v) is 5.05. The zero-order chi connectivity index (χ0) is 12.3. The van der Waals surface area contributed by atoms with Crippen molar-refractivity contribution in [1.82, 2.24) is 15.5 Å². The van der Waals surface area contributed by atoms with E-state index in [0.29, 0.717) is 5.76 Å². The quantitative estimate of drug-likeness (QED) is 0.812. The molecule has 0 fully saturated rings. The number of hydrogen-bond acceptors (Lipinski definition) is 4. The number of nitrogens with zero attached hydrogens (tertiary/aromatic N) is 1. The number of aryl methyl sites for hydroxylation is 1. The van der Waals surface area contributed by atoms with Gasteiger partial charge in [-0.1, -0.05) is 11.2 Å². The molecule has 0 bridgehead atoms. The molecule has 0 unspecified atom stereocenters. The van der Waals surface area contributed by atoms with Gasteiger partial charge in [-0.25, -0.2) is 0 Å². The Bertz CT molecular complexity index is 585. The van der Waals surface area contributed by atoms with E-state index in [1.807, 2.05) is 0 Å². The van der Waals surface area contributed by atoms with Gasteiger partial charge in [-0.15, -0.1) is 0 Å². The highest BCUT2D eigenvalue weighted by atomic mass is 16.5. The van der Waals surface area contributed by atoms with E-state index >= 15 is 0 Å². The highest BCUT2D eigenvalue weighted by molar-refractivity contribution is 5.92. The summed E-state index contributed by atoms with van der Waals surface area (Å²) >= 11 is 0. The monoisotopic (exact) mass is 233 g/mol. The SMILES string of the molecule is Cc1cc(CNC(=O)c2cccc(=O)[nH]2)on1. The molecule has 17 heavy (non-hydrogen) atoms. The molecule has 2 aromatic rings. The van der Waals surface area contributed by atoms with Gasteiger partial charge in [0, 0.05) is 12.1 Å². The van der Waals surface area contributed by atoms with E-state index in [-0.39, 0.29) is 23.7 Å². The molecule has 2 N–H and O–H groups in total. The van der Waals surface area contributed by atoms with E-state index in [4.69, 9.17) is 4.52 Å². The third-order valence-corrected chi connectivity index (χ3v) is 2.11. The number of amides is 1. The van der Waals surface area contributed by atoms with E-state index in [1.165, 1.54) is 18.2 Å². The van der Waals surface area contributed by atoms with Gasteiger partial charge in [-0.2, -0.15) is 0 Å². The Balaban J connectivity index is 2.00. The summed E-state index contributed by atoms with van der Waals surface area (Å²) < 4.78 is 4.94. The second kappa shape index (κ2) is 4.65. The lowest BCUT2D eigenvalue weighted by atomic mass is 10.3. The van der Waals surface area contributed by atoms with Gasteiger partial charge < -0.3 is 14.8 Å². The van der Waals surface area contributed by atoms with Gasteiger partial charge in [0.2, 0.25) is 5.56 Å². The summed E-state index contributed by atoms with van der Waals surface area (Å²) in [5.41, 5.74) is 0.657. The van der Waals surface area contributed by atoms with Crippen LogP contribution in [-0.2, 0) is 6.54 Å². The molecule has 6 nitrogen and oxygen atoms in total. The summed E-state index contributed by atoms with van der Waals surface area (Å²) in [6, 6.07) is 6.12. The minimum atomic E-state index is -0.364. The lowest BCUT2D eigenvalue weighted by Gasteiger charge is -2.01. The van der Waals surface area contributed by atoms with Crippen LogP contribution in [0.15, 0.2) is 33.6 Å². The van der Waals surface area contributed by atoms with Gasteiger partial charge in [0.15, 0.2) is 5.76 Å². The number of aromatic amines is 1. The van der Waals surface area contributed by atoms with Crippen LogP contribution in [0.5, 0.6) is 0 Å². The number of H-pyrrole nitrogens is 1. The van der Waals surface area contributed by atoms with Crippen LogP contribution >= 0.6 is 0 Å². The van der Waals surface area contributed by atoms with E-state index in [1.54, 1.807) is 13.0 Å². The molecule has 0 spiro atoms. The number of nitrogens with one attached hydrogen (secondary N) is 2. The third-order valence-electron chi connectivity index (χ3n) is 2.11. The Morgan fingerprint density at radius 3 is 3.00 bits per heavy atom. The minimum Gasteiger partial charge on any atom is -0.359 e. The Morgan fingerprint density at radius 2 is 2.35 bits per heavy atom. The summed E-state index contributed by atoms with van der Waals surface area (Å²) in [4.78, 5) is 25.1. The molecule has 0 aromatic carbocycles. The van der Waals surface area contributed by atoms with Crippen LogP contribution in [0.4, 0.5) is 0 Å². The van der Waals surface area contributed by atoms with Crippen LogP contribution in [0, 0.1) is 6.92 Å². The third kappa shape index (κ3) is 2.81. The van der Waals surface area contributed by atoms with E-state index in [2.05, 4.69) is 15.5 Å². The molecule has 0 saturated heterocycles. The van der Waals surface area contributed by atoms with Crippen molar-refractivity contribution in [2.75, 3.05) is 0 Å². The van der Waals surface area contributed by atoms with Crippen LogP contribution in [0.2, 0.25) is 0 Å². The summed E-state index contributed by atoms with van der Waals surface area (Å²) in [5, 5.41) is 6.31. The van der Waals surface area contributed by atoms with Crippen LogP contribution in [0.25, 0.3) is 0 Å². The maximum absolute atomic E-state index is 11.6. The Morgan fingerprint density at radius 1 is 1.53 bits per heavy atom. The number of carbonyl (C=O) groups is 1. The molecule has 0 saturated carbocycles. The normalized spacial score (nSPS) is 10.2. The number of hydrogen-bond donors (Lipinski definition) is 2. The van der Waals surface area contributed by atoms with Crippen molar-refractivity contribution in [3.05, 3.63) is 51.8 Å². The largest absolute Gasteiger partial charge is 0.359 e. The zero-order valence-electron chi connectivity index (χ0n) is 9.19. The molecular formula is C11H11N3O3. The number of pyridine rings is 1. The molecule has 2 aromatic heterocycles. The minimum absolute atomic E-state index is 0.216. The molecule has 1 amide bonds. The predicted octanol–water partition coefficient (Wildman–Crippen LogP) is 0.601. The highest BCUT2D eigenvalue weighted by Gasteiger charge is 2.07. The van der Waals surface area contributed by atoms with Crippen LogP contribution < -0.4 is 10.9 Å². The van der Waals surface area contributed by atoms with Crippen molar-refractivity contribution in [2.24, 2.45) is 0 Å². The average Bonchev–Trinajstić information content (AvgIpc) is 2.72. The lowest BCUT2D eigenvalue weighted by Crippen LogP contribution is -2.25. The molecular weight excluding hydrogens is 222 g/mol. The molecule has 6 heteroatoms. The molecule has 0 aliphatic rings. The van der Waals surface area contributed by atoms with Crippen molar-refractivity contribution in [1.29, 1.82) is 0 Å². The maximum atomic E-state index is 11.6. The van der Waals surface area contributed by atoms with Gasteiger partial charge in [-0.3, -0.25) is 9.59 Å². The molecule has 0 aliphatic carbocycles. The standard InChI is InChI=1S/C11H11N3O3/c1-7-5-8(17-14-7)6-12-11(16)9-3-2-4-10(15)13-9/h2-5H,6H2,1H3,(H,12,16)(H,13,15).